The SMILES string of the molecule is Cc1ccc(C)c(S(=O)(=O)Oc2ccc(C(=O)OCc3c(C)noc3C)cc2)c1. The van der Waals surface area contributed by atoms with Gasteiger partial charge in [-0.1, -0.05) is 17.3 Å². The molecule has 7 nitrogen and oxygen atoms in total. The molecule has 0 unspecified atom stereocenters. The highest BCUT2D eigenvalue weighted by molar-refractivity contribution is 7.87. The standard InChI is InChI=1S/C21H21NO6S/c1-13-5-6-14(2)20(11-13)29(24,25)28-18-9-7-17(8-10-18)21(23)26-12-19-15(3)22-27-16(19)4/h5-11H,12H2,1-4H3. The van der Waals surface area contributed by atoms with E-state index >= 15 is 0 Å². The van der Waals surface area contributed by atoms with Crippen LogP contribution in [0.4, 0.5) is 0 Å². The molecule has 0 aliphatic carbocycles. The molecule has 0 spiro atoms. The third-order valence-corrected chi connectivity index (χ3v) is 5.83. The van der Waals surface area contributed by atoms with Crippen LogP contribution in [0.25, 0.3) is 0 Å². The Morgan fingerprint density at radius 1 is 1.03 bits per heavy atom. The van der Waals surface area contributed by atoms with E-state index in [2.05, 4.69) is 5.16 Å². The Morgan fingerprint density at radius 2 is 1.72 bits per heavy atom. The Bertz CT molecular complexity index is 1130. The summed E-state index contributed by atoms with van der Waals surface area (Å²) in [6.07, 6.45) is 0. The van der Waals surface area contributed by atoms with Crippen LogP contribution in [0.15, 0.2) is 51.9 Å². The molecule has 0 saturated carbocycles. The highest BCUT2D eigenvalue weighted by atomic mass is 32.2. The lowest BCUT2D eigenvalue weighted by molar-refractivity contribution is 0.0471. The minimum Gasteiger partial charge on any atom is -0.457 e. The van der Waals surface area contributed by atoms with Gasteiger partial charge in [0.25, 0.3) is 0 Å². The second-order valence-corrected chi connectivity index (χ2v) is 8.22. The summed E-state index contributed by atoms with van der Waals surface area (Å²) in [5.41, 5.74) is 3.06. The van der Waals surface area contributed by atoms with Crippen LogP contribution in [0.5, 0.6) is 5.75 Å². The molecule has 0 N–H and O–H groups in total. The Kier molecular flexibility index (Phi) is 5.74. The lowest BCUT2D eigenvalue weighted by Crippen LogP contribution is -2.12. The Balaban J connectivity index is 1.69. The average Bonchev–Trinajstić information content (AvgIpc) is 2.99. The normalized spacial score (nSPS) is 11.3. The molecule has 0 aliphatic heterocycles. The molecule has 1 heterocycles. The largest absolute Gasteiger partial charge is 0.457 e. The molecule has 0 bridgehead atoms. The minimum absolute atomic E-state index is 0.0409. The summed E-state index contributed by atoms with van der Waals surface area (Å²) in [5, 5.41) is 3.81. The van der Waals surface area contributed by atoms with Gasteiger partial charge < -0.3 is 13.4 Å². The van der Waals surface area contributed by atoms with Crippen LogP contribution in [0, 0.1) is 27.7 Å². The highest BCUT2D eigenvalue weighted by Crippen LogP contribution is 2.23. The van der Waals surface area contributed by atoms with Crippen LogP contribution in [-0.2, 0) is 21.5 Å². The predicted octanol–water partition coefficient (Wildman–Crippen LogP) is 4.03. The van der Waals surface area contributed by atoms with E-state index in [0.29, 0.717) is 17.0 Å². The molecular weight excluding hydrogens is 394 g/mol. The number of carbonyl (C=O) groups is 1. The summed E-state index contributed by atoms with van der Waals surface area (Å²) in [5.74, 6) is 0.151. The van der Waals surface area contributed by atoms with Crippen molar-refractivity contribution in [2.45, 2.75) is 39.2 Å². The number of ether oxygens (including phenoxy) is 1. The molecule has 0 fully saturated rings. The third kappa shape index (κ3) is 4.65. The molecular formula is C21H21NO6S. The number of nitrogens with zero attached hydrogens (tertiary/aromatic N) is 1. The van der Waals surface area contributed by atoms with E-state index in [1.165, 1.54) is 24.3 Å². The van der Waals surface area contributed by atoms with Gasteiger partial charge in [-0.25, -0.2) is 4.79 Å². The van der Waals surface area contributed by atoms with Gasteiger partial charge in [-0.3, -0.25) is 0 Å². The molecule has 3 aromatic rings. The van der Waals surface area contributed by atoms with Crippen molar-refractivity contribution >= 4 is 16.1 Å². The summed E-state index contributed by atoms with van der Waals surface area (Å²) in [6.45, 7) is 7.06. The van der Waals surface area contributed by atoms with Crippen molar-refractivity contribution in [3.63, 3.8) is 0 Å². The molecule has 29 heavy (non-hydrogen) atoms. The summed E-state index contributed by atoms with van der Waals surface area (Å²) >= 11 is 0. The molecule has 8 heteroatoms. The summed E-state index contributed by atoms with van der Waals surface area (Å²) in [6, 6.07) is 10.8. The number of benzene rings is 2. The van der Waals surface area contributed by atoms with Crippen molar-refractivity contribution in [3.8, 4) is 5.75 Å². The maximum absolute atomic E-state index is 12.6. The van der Waals surface area contributed by atoms with E-state index in [1.807, 2.05) is 6.07 Å². The van der Waals surface area contributed by atoms with E-state index in [1.54, 1.807) is 39.8 Å². The van der Waals surface area contributed by atoms with Gasteiger partial charge in [0.1, 0.15) is 23.0 Å². The first kappa shape index (κ1) is 20.6. The van der Waals surface area contributed by atoms with Crippen molar-refractivity contribution < 1.29 is 26.7 Å². The Labute approximate surface area is 169 Å². The fourth-order valence-corrected chi connectivity index (χ4v) is 3.97. The first-order valence-electron chi connectivity index (χ1n) is 8.88. The van der Waals surface area contributed by atoms with Crippen LogP contribution >= 0.6 is 0 Å². The van der Waals surface area contributed by atoms with Crippen molar-refractivity contribution in [3.05, 3.63) is 76.2 Å². The van der Waals surface area contributed by atoms with Gasteiger partial charge in [-0.15, -0.1) is 0 Å². The lowest BCUT2D eigenvalue weighted by Gasteiger charge is -2.10. The van der Waals surface area contributed by atoms with Crippen molar-refractivity contribution in [2.75, 3.05) is 0 Å². The average molecular weight is 415 g/mol. The van der Waals surface area contributed by atoms with E-state index in [0.717, 1.165) is 11.1 Å². The Morgan fingerprint density at radius 3 is 2.34 bits per heavy atom. The second-order valence-electron chi connectivity index (χ2n) is 6.71. The van der Waals surface area contributed by atoms with Crippen molar-refractivity contribution in [1.82, 2.24) is 5.16 Å². The molecule has 0 radical (unpaired) electrons. The lowest BCUT2D eigenvalue weighted by atomic mass is 10.2. The second kappa shape index (κ2) is 8.08. The van der Waals surface area contributed by atoms with Gasteiger partial charge in [-0.05, 0) is 69.2 Å². The highest BCUT2D eigenvalue weighted by Gasteiger charge is 2.20. The van der Waals surface area contributed by atoms with Crippen molar-refractivity contribution in [2.24, 2.45) is 0 Å². The van der Waals surface area contributed by atoms with E-state index in [4.69, 9.17) is 13.4 Å². The van der Waals surface area contributed by atoms with E-state index in [-0.39, 0.29) is 22.8 Å². The van der Waals surface area contributed by atoms with Gasteiger partial charge in [0.2, 0.25) is 0 Å². The molecule has 0 atom stereocenters. The predicted molar refractivity (Wildman–Crippen MR) is 105 cm³/mol. The summed E-state index contributed by atoms with van der Waals surface area (Å²) in [4.78, 5) is 12.3. The number of rotatable bonds is 6. The number of esters is 1. The van der Waals surface area contributed by atoms with Crippen LogP contribution in [-0.4, -0.2) is 19.5 Å². The topological polar surface area (TPSA) is 95.7 Å². The van der Waals surface area contributed by atoms with Gasteiger partial charge in [0.15, 0.2) is 0 Å². The molecule has 0 saturated heterocycles. The zero-order valence-corrected chi connectivity index (χ0v) is 17.4. The first-order valence-corrected chi connectivity index (χ1v) is 10.3. The number of hydrogen-bond donors (Lipinski definition) is 0. The number of carbonyl (C=O) groups excluding carboxylic acids is 1. The monoisotopic (exact) mass is 415 g/mol. The smallest absolute Gasteiger partial charge is 0.339 e. The molecule has 152 valence electrons. The zero-order valence-electron chi connectivity index (χ0n) is 16.6. The third-order valence-electron chi connectivity index (χ3n) is 4.44. The van der Waals surface area contributed by atoms with Gasteiger partial charge >= 0.3 is 16.1 Å². The number of hydrogen-bond acceptors (Lipinski definition) is 7. The molecule has 2 aromatic carbocycles. The summed E-state index contributed by atoms with van der Waals surface area (Å²) in [7, 11) is -3.98. The fraction of sp³-hybridized carbons (Fsp3) is 0.238. The zero-order chi connectivity index (χ0) is 21.2. The molecule has 1 aromatic heterocycles. The number of aromatic nitrogens is 1. The maximum Gasteiger partial charge on any atom is 0.339 e. The molecule has 3 rings (SSSR count). The van der Waals surface area contributed by atoms with Crippen LogP contribution in [0.3, 0.4) is 0 Å². The van der Waals surface area contributed by atoms with Gasteiger partial charge in [0.05, 0.1) is 16.8 Å². The van der Waals surface area contributed by atoms with Gasteiger partial charge in [-0.2, -0.15) is 8.42 Å². The minimum atomic E-state index is -3.98. The van der Waals surface area contributed by atoms with E-state index in [9.17, 15) is 13.2 Å². The van der Waals surface area contributed by atoms with Crippen LogP contribution in [0.1, 0.15) is 38.5 Å². The molecule has 0 aliphatic rings. The Hall–Kier alpha value is -3.13. The van der Waals surface area contributed by atoms with Gasteiger partial charge in [0, 0.05) is 0 Å². The first-order chi connectivity index (χ1) is 13.7. The van der Waals surface area contributed by atoms with Crippen LogP contribution in [0.2, 0.25) is 0 Å². The maximum atomic E-state index is 12.6. The van der Waals surface area contributed by atoms with Crippen molar-refractivity contribution in [1.29, 1.82) is 0 Å². The van der Waals surface area contributed by atoms with Crippen LogP contribution < -0.4 is 4.18 Å². The fourth-order valence-electron chi connectivity index (χ4n) is 2.72. The molecule has 0 amide bonds. The summed E-state index contributed by atoms with van der Waals surface area (Å²) < 4.78 is 40.6. The van der Waals surface area contributed by atoms with E-state index < -0.39 is 16.1 Å². The quantitative estimate of drug-likeness (QED) is 0.443. The number of aryl methyl sites for hydroxylation is 4.